The highest BCUT2D eigenvalue weighted by Gasteiger charge is 2.42. The zero-order valence-corrected chi connectivity index (χ0v) is 20.6. The smallest absolute Gasteiger partial charge is 0.239 e. The molecule has 1 aliphatic heterocycles. The summed E-state index contributed by atoms with van der Waals surface area (Å²) in [4.78, 5) is 28.7. The number of fused-ring (bicyclic) bond motifs is 1. The number of carbonyl (C=O) groups excluding carboxylic acids is 2. The molecule has 7 nitrogen and oxygen atoms in total. The van der Waals surface area contributed by atoms with Crippen LogP contribution in [0, 0.1) is 5.41 Å². The Kier molecular flexibility index (Phi) is 6.31. The lowest BCUT2D eigenvalue weighted by atomic mass is 9.74. The highest BCUT2D eigenvalue weighted by Crippen LogP contribution is 2.48. The molecule has 3 N–H and O–H groups in total. The lowest BCUT2D eigenvalue weighted by Crippen LogP contribution is -2.42. The summed E-state index contributed by atoms with van der Waals surface area (Å²) in [5, 5.41) is 16.0. The van der Waals surface area contributed by atoms with Gasteiger partial charge in [-0.25, -0.2) is 0 Å². The third-order valence-electron chi connectivity index (χ3n) is 6.80. The number of hydrogen-bond acceptors (Lipinski definition) is 6. The lowest BCUT2D eigenvalue weighted by Gasteiger charge is -2.36. The summed E-state index contributed by atoms with van der Waals surface area (Å²) in [7, 11) is 0. The molecule has 5 rings (SSSR count). The summed E-state index contributed by atoms with van der Waals surface area (Å²) >= 11 is 0. The standard InChI is InChI=1S/C29H31N3O4/c1-29(2)16-22-27(24(34)17-29)28(25-8-5-15-36-25)32(23-7-4-3-6-21(23)31-22)18-26(35)30-14-13-19-9-11-20(33)12-10-19/h3-12,15,28,31,33H,13-14,16-18H2,1-2H3,(H,30,35). The summed E-state index contributed by atoms with van der Waals surface area (Å²) in [6.45, 7) is 4.74. The Balaban J connectivity index is 1.46. The second-order valence-corrected chi connectivity index (χ2v) is 10.3. The summed E-state index contributed by atoms with van der Waals surface area (Å²) in [5.74, 6) is 0.772. The normalized spacial score (nSPS) is 18.7. The predicted octanol–water partition coefficient (Wildman–Crippen LogP) is 4.96. The molecule has 2 aliphatic rings. The number of allylic oxidation sites excluding steroid dienone is 1. The van der Waals surface area contributed by atoms with Crippen LogP contribution in [0.5, 0.6) is 5.75 Å². The number of hydrogen-bond donors (Lipinski definition) is 3. The molecule has 1 aromatic heterocycles. The van der Waals surface area contributed by atoms with Crippen LogP contribution in [-0.2, 0) is 16.0 Å². The monoisotopic (exact) mass is 485 g/mol. The van der Waals surface area contributed by atoms with Crippen molar-refractivity contribution >= 4 is 23.1 Å². The van der Waals surface area contributed by atoms with E-state index in [1.165, 1.54) is 0 Å². The fraction of sp³-hybridized carbons (Fsp3) is 0.310. The second-order valence-electron chi connectivity index (χ2n) is 10.3. The van der Waals surface area contributed by atoms with Gasteiger partial charge < -0.3 is 25.1 Å². The molecule has 2 aromatic carbocycles. The van der Waals surface area contributed by atoms with E-state index in [1.54, 1.807) is 18.4 Å². The number of phenolic OH excluding ortho intramolecular Hbond substituents is 1. The summed E-state index contributed by atoms with van der Waals surface area (Å²) in [6.07, 6.45) is 3.42. The molecule has 0 radical (unpaired) electrons. The Hall–Kier alpha value is -4.00. The number of nitrogens with one attached hydrogen (secondary N) is 2. The van der Waals surface area contributed by atoms with Crippen LogP contribution in [0.25, 0.3) is 0 Å². The second kappa shape index (κ2) is 9.57. The van der Waals surface area contributed by atoms with Crippen LogP contribution in [0.3, 0.4) is 0 Å². The number of aromatic hydroxyl groups is 1. The topological polar surface area (TPSA) is 94.8 Å². The molecular formula is C29H31N3O4. The molecule has 1 aliphatic carbocycles. The number of amides is 1. The van der Waals surface area contributed by atoms with Crippen molar-refractivity contribution in [3.8, 4) is 5.75 Å². The number of rotatable bonds is 6. The van der Waals surface area contributed by atoms with E-state index in [4.69, 9.17) is 4.42 Å². The van der Waals surface area contributed by atoms with Crippen molar-refractivity contribution in [2.24, 2.45) is 5.41 Å². The summed E-state index contributed by atoms with van der Waals surface area (Å²) in [6, 6.07) is 18.0. The molecule has 0 spiro atoms. The van der Waals surface area contributed by atoms with Crippen LogP contribution >= 0.6 is 0 Å². The van der Waals surface area contributed by atoms with Crippen LogP contribution in [0.1, 0.15) is 44.1 Å². The van der Waals surface area contributed by atoms with E-state index < -0.39 is 6.04 Å². The molecule has 3 aromatic rings. The first kappa shape index (κ1) is 23.7. The number of para-hydroxylation sites is 2. The first-order valence-corrected chi connectivity index (χ1v) is 12.3. The van der Waals surface area contributed by atoms with Gasteiger partial charge in [0.25, 0.3) is 0 Å². The number of furan rings is 1. The Labute approximate surface area is 210 Å². The van der Waals surface area contributed by atoms with Crippen molar-refractivity contribution in [3.63, 3.8) is 0 Å². The zero-order chi connectivity index (χ0) is 25.3. The number of benzene rings is 2. The van der Waals surface area contributed by atoms with Gasteiger partial charge in [0.05, 0.1) is 24.2 Å². The van der Waals surface area contributed by atoms with Crippen molar-refractivity contribution in [1.29, 1.82) is 0 Å². The molecule has 186 valence electrons. The molecule has 36 heavy (non-hydrogen) atoms. The van der Waals surface area contributed by atoms with Crippen molar-refractivity contribution in [2.45, 2.75) is 39.2 Å². The van der Waals surface area contributed by atoms with Gasteiger partial charge in [0.15, 0.2) is 5.78 Å². The van der Waals surface area contributed by atoms with Gasteiger partial charge >= 0.3 is 0 Å². The number of carbonyl (C=O) groups is 2. The van der Waals surface area contributed by atoms with Crippen LogP contribution in [0.4, 0.5) is 11.4 Å². The van der Waals surface area contributed by atoms with Gasteiger partial charge in [0.1, 0.15) is 17.6 Å². The number of ketones is 1. The van der Waals surface area contributed by atoms with Crippen LogP contribution in [0.15, 0.2) is 82.6 Å². The van der Waals surface area contributed by atoms with Gasteiger partial charge in [0, 0.05) is 24.2 Å². The van der Waals surface area contributed by atoms with E-state index in [1.807, 2.05) is 53.4 Å². The van der Waals surface area contributed by atoms with E-state index in [9.17, 15) is 14.7 Å². The highest BCUT2D eigenvalue weighted by molar-refractivity contribution is 6.01. The fourth-order valence-electron chi connectivity index (χ4n) is 5.19. The Morgan fingerprint density at radius 2 is 1.89 bits per heavy atom. The third-order valence-corrected chi connectivity index (χ3v) is 6.80. The summed E-state index contributed by atoms with van der Waals surface area (Å²) in [5.41, 5.74) is 4.12. The van der Waals surface area contributed by atoms with E-state index in [0.29, 0.717) is 30.7 Å². The van der Waals surface area contributed by atoms with Crippen LogP contribution in [0.2, 0.25) is 0 Å². The van der Waals surface area contributed by atoms with Gasteiger partial charge in [-0.05, 0) is 60.2 Å². The fourth-order valence-corrected chi connectivity index (χ4v) is 5.19. The minimum absolute atomic E-state index is 0.0626. The SMILES string of the molecule is CC1(C)CC(=O)C2=C(C1)Nc1ccccc1N(CC(=O)NCCc1ccc(O)cc1)C2c1ccco1. The molecule has 0 saturated carbocycles. The molecular weight excluding hydrogens is 454 g/mol. The Morgan fingerprint density at radius 1 is 1.11 bits per heavy atom. The maximum absolute atomic E-state index is 13.6. The predicted molar refractivity (Wildman–Crippen MR) is 139 cm³/mol. The molecule has 0 fully saturated rings. The van der Waals surface area contributed by atoms with E-state index in [0.717, 1.165) is 29.1 Å². The number of phenols is 1. The molecule has 1 amide bonds. The lowest BCUT2D eigenvalue weighted by molar-refractivity contribution is -0.120. The van der Waals surface area contributed by atoms with E-state index >= 15 is 0 Å². The van der Waals surface area contributed by atoms with Crippen molar-refractivity contribution in [1.82, 2.24) is 5.32 Å². The van der Waals surface area contributed by atoms with Crippen LogP contribution in [-0.4, -0.2) is 29.9 Å². The van der Waals surface area contributed by atoms with Gasteiger partial charge in [-0.2, -0.15) is 0 Å². The van der Waals surface area contributed by atoms with Gasteiger partial charge in [-0.1, -0.05) is 38.1 Å². The number of anilines is 2. The first-order valence-electron chi connectivity index (χ1n) is 12.3. The van der Waals surface area contributed by atoms with Gasteiger partial charge in [0.2, 0.25) is 5.91 Å². The minimum atomic E-state index is -0.516. The van der Waals surface area contributed by atoms with Crippen molar-refractivity contribution < 1.29 is 19.1 Å². The minimum Gasteiger partial charge on any atom is -0.508 e. The maximum atomic E-state index is 13.6. The summed E-state index contributed by atoms with van der Waals surface area (Å²) < 4.78 is 5.85. The van der Waals surface area contributed by atoms with E-state index in [-0.39, 0.29) is 29.4 Å². The average Bonchev–Trinajstić information content (AvgIpc) is 3.32. The molecule has 0 bridgehead atoms. The zero-order valence-electron chi connectivity index (χ0n) is 20.6. The Morgan fingerprint density at radius 3 is 2.64 bits per heavy atom. The highest BCUT2D eigenvalue weighted by atomic mass is 16.3. The largest absolute Gasteiger partial charge is 0.508 e. The van der Waals surface area contributed by atoms with Crippen LogP contribution < -0.4 is 15.5 Å². The van der Waals surface area contributed by atoms with E-state index in [2.05, 4.69) is 24.5 Å². The first-order chi connectivity index (χ1) is 17.3. The molecule has 7 heteroatoms. The Bertz CT molecular complexity index is 1290. The average molecular weight is 486 g/mol. The van der Waals surface area contributed by atoms with Gasteiger partial charge in [-0.15, -0.1) is 0 Å². The number of nitrogens with zero attached hydrogens (tertiary/aromatic N) is 1. The molecule has 1 atom stereocenters. The molecule has 2 heterocycles. The molecule has 0 saturated heterocycles. The quantitative estimate of drug-likeness (QED) is 0.457. The number of Topliss-reactive ketones (excluding diaryl/α,β-unsaturated/α-hetero) is 1. The van der Waals surface area contributed by atoms with Crippen molar-refractivity contribution in [3.05, 3.63) is 89.5 Å². The molecule has 1 unspecified atom stereocenters. The maximum Gasteiger partial charge on any atom is 0.239 e. The van der Waals surface area contributed by atoms with Gasteiger partial charge in [-0.3, -0.25) is 9.59 Å². The van der Waals surface area contributed by atoms with Crippen molar-refractivity contribution in [2.75, 3.05) is 23.3 Å². The third kappa shape index (κ3) is 4.87.